The van der Waals surface area contributed by atoms with Gasteiger partial charge in [0, 0.05) is 28.9 Å². The topological polar surface area (TPSA) is 37.5 Å². The van der Waals surface area contributed by atoms with Crippen LogP contribution in [0.15, 0.2) is 47.4 Å². The lowest BCUT2D eigenvalue weighted by atomic mass is 10.0. The van der Waals surface area contributed by atoms with Gasteiger partial charge >= 0.3 is 0 Å². The first-order chi connectivity index (χ1) is 9.81. The fourth-order valence-corrected chi connectivity index (χ4v) is 4.17. The van der Waals surface area contributed by atoms with E-state index in [1.807, 2.05) is 39.7 Å². The van der Waals surface area contributed by atoms with Crippen LogP contribution in [0.3, 0.4) is 0 Å². The van der Waals surface area contributed by atoms with Crippen LogP contribution in [0.1, 0.15) is 17.4 Å². The smallest absolute Gasteiger partial charge is 0.193 e. The Hall–Kier alpha value is -1.69. The van der Waals surface area contributed by atoms with Gasteiger partial charge in [0.25, 0.3) is 0 Å². The van der Waals surface area contributed by atoms with Gasteiger partial charge in [-0.2, -0.15) is 0 Å². The minimum atomic E-state index is -0.504. The summed E-state index contributed by atoms with van der Waals surface area (Å²) in [5.74, 6) is 0. The van der Waals surface area contributed by atoms with E-state index in [1.54, 1.807) is 22.7 Å². The number of hydrogen-bond donors (Lipinski definition) is 1. The van der Waals surface area contributed by atoms with Crippen LogP contribution in [0.5, 0.6) is 0 Å². The van der Waals surface area contributed by atoms with E-state index in [4.69, 9.17) is 0 Å². The monoisotopic (exact) mass is 300 g/mol. The lowest BCUT2D eigenvalue weighted by Crippen LogP contribution is -2.01. The Morgan fingerprint density at radius 2 is 2.15 bits per heavy atom. The van der Waals surface area contributed by atoms with Crippen LogP contribution in [-0.4, -0.2) is 14.5 Å². The van der Waals surface area contributed by atoms with Crippen LogP contribution in [0.4, 0.5) is 0 Å². The van der Waals surface area contributed by atoms with E-state index in [-0.39, 0.29) is 0 Å². The van der Waals surface area contributed by atoms with Gasteiger partial charge in [-0.1, -0.05) is 18.2 Å². The second-order valence-electron chi connectivity index (χ2n) is 4.73. The van der Waals surface area contributed by atoms with Crippen molar-refractivity contribution in [2.24, 2.45) is 0 Å². The fourth-order valence-electron chi connectivity index (χ4n) is 2.44. The number of aromatic nitrogens is 2. The molecule has 0 aliphatic heterocycles. The Balaban J connectivity index is 1.66. The summed E-state index contributed by atoms with van der Waals surface area (Å²) in [7, 11) is 0. The highest BCUT2D eigenvalue weighted by Gasteiger charge is 2.15. The van der Waals surface area contributed by atoms with E-state index < -0.39 is 6.10 Å². The molecule has 3 aromatic heterocycles. The molecule has 0 saturated carbocycles. The van der Waals surface area contributed by atoms with Crippen molar-refractivity contribution in [3.8, 4) is 0 Å². The molecule has 0 spiro atoms. The van der Waals surface area contributed by atoms with Gasteiger partial charge in [-0.3, -0.25) is 4.40 Å². The summed E-state index contributed by atoms with van der Waals surface area (Å²) in [6.07, 6.45) is 4.03. The van der Waals surface area contributed by atoms with Crippen molar-refractivity contribution in [3.05, 3.63) is 58.7 Å². The van der Waals surface area contributed by atoms with E-state index in [1.165, 1.54) is 4.70 Å². The van der Waals surface area contributed by atoms with Gasteiger partial charge in [-0.15, -0.1) is 22.7 Å². The molecule has 0 bridgehead atoms. The third-order valence-electron chi connectivity index (χ3n) is 3.42. The highest BCUT2D eigenvalue weighted by atomic mass is 32.1. The quantitative estimate of drug-likeness (QED) is 0.623. The average molecular weight is 300 g/mol. The predicted octanol–water partition coefficient (Wildman–Crippen LogP) is 3.89. The van der Waals surface area contributed by atoms with Crippen molar-refractivity contribution in [2.45, 2.75) is 12.5 Å². The van der Waals surface area contributed by atoms with Gasteiger partial charge in [-0.05, 0) is 22.4 Å². The van der Waals surface area contributed by atoms with Crippen molar-refractivity contribution in [3.63, 3.8) is 0 Å². The van der Waals surface area contributed by atoms with Crippen molar-refractivity contribution in [2.75, 3.05) is 0 Å². The van der Waals surface area contributed by atoms with Crippen molar-refractivity contribution >= 4 is 37.7 Å². The number of thiophene rings is 1. The summed E-state index contributed by atoms with van der Waals surface area (Å²) in [5, 5.41) is 15.7. The Bertz CT molecular complexity index is 846. The number of hydrogen-bond acceptors (Lipinski definition) is 4. The van der Waals surface area contributed by atoms with Gasteiger partial charge < -0.3 is 5.11 Å². The molecule has 0 aliphatic rings. The van der Waals surface area contributed by atoms with E-state index in [2.05, 4.69) is 17.1 Å². The minimum Gasteiger partial charge on any atom is -0.388 e. The normalized spacial score (nSPS) is 13.2. The molecule has 20 heavy (non-hydrogen) atoms. The summed E-state index contributed by atoms with van der Waals surface area (Å²) in [5.41, 5.74) is 1.93. The molecular formula is C15H12N2OS2. The summed E-state index contributed by atoms with van der Waals surface area (Å²) in [6, 6.07) is 8.19. The maximum atomic E-state index is 10.5. The zero-order valence-corrected chi connectivity index (χ0v) is 12.2. The van der Waals surface area contributed by atoms with Crippen LogP contribution < -0.4 is 0 Å². The molecule has 1 unspecified atom stereocenters. The highest BCUT2D eigenvalue weighted by molar-refractivity contribution is 7.17. The van der Waals surface area contributed by atoms with Gasteiger partial charge in [0.05, 0.1) is 11.8 Å². The Labute approximate surface area is 123 Å². The van der Waals surface area contributed by atoms with Crippen molar-refractivity contribution in [1.29, 1.82) is 0 Å². The first-order valence-electron chi connectivity index (χ1n) is 6.36. The Morgan fingerprint density at radius 3 is 3.05 bits per heavy atom. The molecule has 100 valence electrons. The summed E-state index contributed by atoms with van der Waals surface area (Å²) in [6.45, 7) is 0. The van der Waals surface area contributed by atoms with Crippen molar-refractivity contribution < 1.29 is 5.11 Å². The number of aliphatic hydroxyl groups is 1. The number of rotatable bonds is 3. The fraction of sp³-hybridized carbons (Fsp3) is 0.133. The SMILES string of the molecule is OC(Cc1cn2ccsc2n1)c1csc2ccccc12. The molecule has 3 nitrogen and oxygen atoms in total. The Morgan fingerprint density at radius 1 is 1.25 bits per heavy atom. The van der Waals surface area contributed by atoms with E-state index >= 15 is 0 Å². The summed E-state index contributed by atoms with van der Waals surface area (Å²) >= 11 is 3.28. The molecule has 3 heterocycles. The first-order valence-corrected chi connectivity index (χ1v) is 8.12. The number of nitrogens with zero attached hydrogens (tertiary/aromatic N) is 2. The van der Waals surface area contributed by atoms with E-state index in [0.29, 0.717) is 6.42 Å². The number of thiazole rings is 1. The molecule has 1 aromatic carbocycles. The van der Waals surface area contributed by atoms with Crippen molar-refractivity contribution in [1.82, 2.24) is 9.38 Å². The molecule has 0 amide bonds. The van der Waals surface area contributed by atoms with E-state index in [0.717, 1.165) is 21.6 Å². The summed E-state index contributed by atoms with van der Waals surface area (Å²) < 4.78 is 3.21. The second-order valence-corrected chi connectivity index (χ2v) is 6.52. The molecule has 0 fully saturated rings. The minimum absolute atomic E-state index is 0.504. The third kappa shape index (κ3) is 1.95. The number of benzene rings is 1. The van der Waals surface area contributed by atoms with Crippen LogP contribution in [-0.2, 0) is 6.42 Å². The molecule has 4 aromatic rings. The van der Waals surface area contributed by atoms with Gasteiger partial charge in [-0.25, -0.2) is 4.98 Å². The zero-order chi connectivity index (χ0) is 13.5. The van der Waals surface area contributed by atoms with E-state index in [9.17, 15) is 5.11 Å². The van der Waals surface area contributed by atoms with Gasteiger partial charge in [0.15, 0.2) is 4.96 Å². The highest BCUT2D eigenvalue weighted by Crippen LogP contribution is 2.31. The van der Waals surface area contributed by atoms with Crippen LogP contribution in [0.2, 0.25) is 0 Å². The number of aliphatic hydroxyl groups excluding tert-OH is 1. The Kier molecular flexibility index (Phi) is 2.84. The van der Waals surface area contributed by atoms with Crippen LogP contribution in [0, 0.1) is 0 Å². The number of imidazole rings is 1. The predicted molar refractivity (Wildman–Crippen MR) is 83.6 cm³/mol. The van der Waals surface area contributed by atoms with Gasteiger partial charge in [0.1, 0.15) is 0 Å². The molecule has 1 N–H and O–H groups in total. The molecule has 0 aliphatic carbocycles. The molecule has 1 atom stereocenters. The maximum absolute atomic E-state index is 10.5. The maximum Gasteiger partial charge on any atom is 0.193 e. The van der Waals surface area contributed by atoms with Crippen LogP contribution >= 0.6 is 22.7 Å². The summed E-state index contributed by atoms with van der Waals surface area (Å²) in [4.78, 5) is 5.50. The standard InChI is InChI=1S/C15H12N2OS2/c18-13(7-10-8-17-5-6-19-15(17)16-10)12-9-20-14-4-2-1-3-11(12)14/h1-6,8-9,13,18H,7H2. The molecule has 4 rings (SSSR count). The molecule has 0 saturated heterocycles. The first kappa shape index (κ1) is 12.1. The molecule has 5 heteroatoms. The molecule has 0 radical (unpaired) electrons. The zero-order valence-electron chi connectivity index (χ0n) is 10.6. The third-order valence-corrected chi connectivity index (χ3v) is 5.17. The van der Waals surface area contributed by atoms with Crippen LogP contribution in [0.25, 0.3) is 15.0 Å². The average Bonchev–Trinajstić information content (AvgIpc) is 3.10. The molecular weight excluding hydrogens is 288 g/mol. The second kappa shape index (κ2) is 4.70. The lowest BCUT2D eigenvalue weighted by molar-refractivity contribution is 0.179. The lowest BCUT2D eigenvalue weighted by Gasteiger charge is -2.07. The largest absolute Gasteiger partial charge is 0.388 e. The number of fused-ring (bicyclic) bond motifs is 2. The van der Waals surface area contributed by atoms with Gasteiger partial charge in [0.2, 0.25) is 0 Å².